The zero-order valence-electron chi connectivity index (χ0n) is 20.3. The lowest BCUT2D eigenvalue weighted by molar-refractivity contribution is 0.362. The fourth-order valence-electron chi connectivity index (χ4n) is 5.99. The van der Waals surface area contributed by atoms with Gasteiger partial charge < -0.3 is 25.4 Å². The molecule has 1 atom stereocenters. The van der Waals surface area contributed by atoms with Gasteiger partial charge in [0.25, 0.3) is 5.56 Å². The van der Waals surface area contributed by atoms with Crippen LogP contribution in [0, 0.1) is 10.4 Å². The predicted octanol–water partition coefficient (Wildman–Crippen LogP) is -0.200. The van der Waals surface area contributed by atoms with Crippen LogP contribution in [0.25, 0.3) is 28.4 Å². The lowest BCUT2D eigenvalue weighted by Crippen LogP contribution is -2.51. The maximum absolute atomic E-state index is 13.4. The average Bonchev–Trinajstić information content (AvgIpc) is 3.37. The molecule has 5 N–H and O–H groups in total. The number of benzene rings is 1. The normalized spacial score (nSPS) is 18.4. The van der Waals surface area contributed by atoms with E-state index < -0.39 is 76.6 Å². The summed E-state index contributed by atoms with van der Waals surface area (Å²) in [4.78, 5) is 66.9. The standard InChI is InChI=1S/C29H19NO9/c1-2-3-4-5-13-9-12-8-11-6-7-29(21(11)25(36)16(12)28(39)30-13)26(37)19-20(27(29)38)24(35)18-17(23(19)34)14(31)10-15(32)22(18)33/h2-5,8-10,31,36-38H,6-7H2,1H3,(H,30,39)/b3-2+,5-4+. The van der Waals surface area contributed by atoms with Crippen LogP contribution in [0.15, 0.2) is 60.4 Å². The van der Waals surface area contributed by atoms with Crippen molar-refractivity contribution in [3.05, 3.63) is 125 Å². The lowest BCUT2D eigenvalue weighted by atomic mass is 9.78. The number of pyridine rings is 1. The summed E-state index contributed by atoms with van der Waals surface area (Å²) in [5, 5.41) is 41.8. The van der Waals surface area contributed by atoms with E-state index in [9.17, 15) is 44.4 Å². The number of aliphatic hydroxyl groups excluding tert-OH is 2. The highest BCUT2D eigenvalue weighted by molar-refractivity contribution is 5.94. The molecule has 39 heavy (non-hydrogen) atoms. The van der Waals surface area contributed by atoms with Gasteiger partial charge in [-0.15, -0.1) is 0 Å². The van der Waals surface area contributed by atoms with E-state index in [4.69, 9.17) is 0 Å². The number of phenols is 1. The maximum Gasteiger partial charge on any atom is 0.260 e. The Kier molecular flexibility index (Phi) is 4.87. The van der Waals surface area contributed by atoms with Crippen molar-refractivity contribution in [2.45, 2.75) is 25.2 Å². The van der Waals surface area contributed by atoms with Gasteiger partial charge in [0, 0.05) is 17.3 Å². The van der Waals surface area contributed by atoms with E-state index >= 15 is 0 Å². The number of hydrogen-bond donors (Lipinski definition) is 5. The number of aromatic nitrogens is 1. The molecule has 0 fully saturated rings. The summed E-state index contributed by atoms with van der Waals surface area (Å²) in [6.07, 6.45) is 7.07. The SMILES string of the molecule is C/C=C/C=C/c1cc2cc3c(c(O)c2c(=O)[nH]1)C1(CC3)C(O)=c2c(=O)c3c(O)cc(=O)c(=O)c=3c(=O)c2=C1O. The molecule has 1 spiro atoms. The summed E-state index contributed by atoms with van der Waals surface area (Å²) in [7, 11) is 0. The minimum Gasteiger partial charge on any atom is -0.510 e. The molecule has 194 valence electrons. The predicted molar refractivity (Wildman–Crippen MR) is 142 cm³/mol. The van der Waals surface area contributed by atoms with Crippen LogP contribution in [0.4, 0.5) is 0 Å². The van der Waals surface area contributed by atoms with Gasteiger partial charge in [-0.25, -0.2) is 0 Å². The number of aliphatic hydroxyl groups is 2. The van der Waals surface area contributed by atoms with Gasteiger partial charge in [0.1, 0.15) is 28.4 Å². The average molecular weight is 525 g/mol. The minimum atomic E-state index is -1.96. The molecule has 0 aliphatic heterocycles. The second kappa shape index (κ2) is 7.87. The summed E-state index contributed by atoms with van der Waals surface area (Å²) < 4.78 is 0. The van der Waals surface area contributed by atoms with Crippen molar-refractivity contribution in [1.82, 2.24) is 4.98 Å². The molecule has 0 bridgehead atoms. The highest BCUT2D eigenvalue weighted by atomic mass is 16.3. The van der Waals surface area contributed by atoms with Gasteiger partial charge in [-0.1, -0.05) is 24.3 Å². The number of nitrogens with one attached hydrogen (secondary N) is 1. The number of phenolic OH excluding ortho intramolecular Hbond substituents is 1. The quantitative estimate of drug-likeness (QED) is 0.175. The first-order valence-corrected chi connectivity index (χ1v) is 12.0. The van der Waals surface area contributed by atoms with Crippen LogP contribution < -0.4 is 37.7 Å². The molecule has 4 aliphatic rings. The second-order valence-corrected chi connectivity index (χ2v) is 9.65. The minimum absolute atomic E-state index is 0.0529. The Morgan fingerprint density at radius 2 is 1.49 bits per heavy atom. The van der Waals surface area contributed by atoms with Gasteiger partial charge in [-0.2, -0.15) is 0 Å². The lowest BCUT2D eigenvalue weighted by Gasteiger charge is -2.27. The first-order chi connectivity index (χ1) is 18.5. The number of aryl methyl sites for hydroxylation is 1. The third-order valence-corrected chi connectivity index (χ3v) is 7.65. The Hall–Kier alpha value is -5.25. The van der Waals surface area contributed by atoms with Gasteiger partial charge in [0.15, 0.2) is 0 Å². The molecule has 10 nitrogen and oxygen atoms in total. The molecule has 0 amide bonds. The molecular weight excluding hydrogens is 506 g/mol. The van der Waals surface area contributed by atoms with E-state index in [-0.39, 0.29) is 23.8 Å². The topological polar surface area (TPSA) is 182 Å². The van der Waals surface area contributed by atoms with Crippen molar-refractivity contribution < 1.29 is 20.4 Å². The van der Waals surface area contributed by atoms with Gasteiger partial charge in [0.2, 0.25) is 21.7 Å². The third kappa shape index (κ3) is 2.88. The zero-order chi connectivity index (χ0) is 28.0. The summed E-state index contributed by atoms with van der Waals surface area (Å²) in [6.45, 7) is 1.84. The van der Waals surface area contributed by atoms with Crippen LogP contribution in [0.3, 0.4) is 0 Å². The van der Waals surface area contributed by atoms with Crippen LogP contribution in [0.1, 0.15) is 30.2 Å². The Bertz CT molecular complexity index is 2340. The van der Waals surface area contributed by atoms with Crippen LogP contribution in [-0.4, -0.2) is 25.4 Å². The highest BCUT2D eigenvalue weighted by Crippen LogP contribution is 2.54. The third-order valence-electron chi connectivity index (χ3n) is 7.65. The molecule has 2 aromatic rings. The van der Waals surface area contributed by atoms with Crippen molar-refractivity contribution in [3.63, 3.8) is 0 Å². The van der Waals surface area contributed by atoms with Crippen molar-refractivity contribution >= 4 is 28.4 Å². The van der Waals surface area contributed by atoms with Crippen molar-refractivity contribution in [2.24, 2.45) is 0 Å². The zero-order valence-corrected chi connectivity index (χ0v) is 20.3. The van der Waals surface area contributed by atoms with E-state index in [1.165, 1.54) is 0 Å². The van der Waals surface area contributed by atoms with E-state index in [0.29, 0.717) is 22.7 Å². The molecule has 0 saturated heterocycles. The number of aromatic hydroxyl groups is 2. The Morgan fingerprint density at radius 3 is 2.15 bits per heavy atom. The van der Waals surface area contributed by atoms with Crippen molar-refractivity contribution in [2.75, 3.05) is 0 Å². The highest BCUT2D eigenvalue weighted by Gasteiger charge is 2.53. The second-order valence-electron chi connectivity index (χ2n) is 9.65. The largest absolute Gasteiger partial charge is 0.510 e. The number of allylic oxidation sites excluding steroid dienone is 3. The molecule has 4 aliphatic carbocycles. The Balaban J connectivity index is 1.75. The molecule has 1 aromatic carbocycles. The van der Waals surface area contributed by atoms with Crippen molar-refractivity contribution in [3.8, 4) is 11.5 Å². The van der Waals surface area contributed by atoms with E-state index in [1.807, 2.05) is 13.0 Å². The Morgan fingerprint density at radius 1 is 0.821 bits per heavy atom. The van der Waals surface area contributed by atoms with Crippen LogP contribution in [-0.2, 0) is 11.8 Å². The fraction of sp³-hybridized carbons (Fsp3) is 0.138. The number of fused-ring (bicyclic) bond motifs is 4. The van der Waals surface area contributed by atoms with Gasteiger partial charge in [-0.05, 0) is 42.9 Å². The smallest absolute Gasteiger partial charge is 0.260 e. The van der Waals surface area contributed by atoms with Gasteiger partial charge >= 0.3 is 0 Å². The molecule has 0 radical (unpaired) electrons. The van der Waals surface area contributed by atoms with Gasteiger partial charge in [0.05, 0.1) is 26.3 Å². The molecule has 1 unspecified atom stereocenters. The molecule has 10 heteroatoms. The number of rotatable bonds is 2. The molecule has 1 heterocycles. The molecule has 0 saturated carbocycles. The van der Waals surface area contributed by atoms with Crippen LogP contribution >= 0.6 is 0 Å². The monoisotopic (exact) mass is 525 g/mol. The van der Waals surface area contributed by atoms with E-state index in [0.717, 1.165) is 0 Å². The number of aromatic amines is 1. The first kappa shape index (κ1) is 24.1. The first-order valence-electron chi connectivity index (χ1n) is 12.0. The van der Waals surface area contributed by atoms with Crippen LogP contribution in [0.2, 0.25) is 0 Å². The number of hydrogen-bond acceptors (Lipinski definition) is 9. The molecule has 1 aromatic heterocycles. The van der Waals surface area contributed by atoms with E-state index in [2.05, 4.69) is 4.98 Å². The van der Waals surface area contributed by atoms with Gasteiger partial charge in [-0.3, -0.25) is 24.0 Å². The van der Waals surface area contributed by atoms with E-state index in [1.54, 1.807) is 30.4 Å². The summed E-state index contributed by atoms with van der Waals surface area (Å²) in [6, 6.07) is 3.79. The molecule has 6 rings (SSSR count). The summed E-state index contributed by atoms with van der Waals surface area (Å²) >= 11 is 0. The summed E-state index contributed by atoms with van der Waals surface area (Å²) in [5.74, 6) is -2.99. The number of H-pyrrole nitrogens is 1. The fourth-order valence-corrected chi connectivity index (χ4v) is 5.99. The van der Waals surface area contributed by atoms with Crippen molar-refractivity contribution in [1.29, 1.82) is 0 Å². The summed E-state index contributed by atoms with van der Waals surface area (Å²) in [5.41, 5.74) is -6.60. The molecular formula is C29H19NO9. The maximum atomic E-state index is 13.4. The van der Waals surface area contributed by atoms with Crippen LogP contribution in [0.5, 0.6) is 11.5 Å². The Labute approximate surface area is 216 Å².